The Morgan fingerprint density at radius 2 is 2.03 bits per heavy atom. The fourth-order valence-electron chi connectivity index (χ4n) is 3.79. The van der Waals surface area contributed by atoms with Crippen LogP contribution in [0.15, 0.2) is 53.3 Å². The van der Waals surface area contributed by atoms with Crippen LogP contribution in [0.5, 0.6) is 5.75 Å². The lowest BCUT2D eigenvalue weighted by Gasteiger charge is -2.28. The van der Waals surface area contributed by atoms with Gasteiger partial charge in [0.25, 0.3) is 11.5 Å². The van der Waals surface area contributed by atoms with E-state index in [9.17, 15) is 9.59 Å². The first kappa shape index (κ1) is 21.1. The van der Waals surface area contributed by atoms with Crippen molar-refractivity contribution in [2.24, 2.45) is 0 Å². The fraction of sp³-hybridized carbons (Fsp3) is 0.375. The molecule has 1 saturated heterocycles. The standard InChI is InChI=1S/C24H27N3O4/c1-16-9-11-18(12-10-16)31-17(2)24(29)27(14-19-6-5-13-30-19)15-22-25-21-8-4-3-7-20(21)23(28)26-22/h3-4,7-12,17,19H,5-6,13-15H2,1-2H3,(H,25,26,28)/t17-,19+/m0/s1. The molecule has 162 valence electrons. The second kappa shape index (κ2) is 9.31. The minimum atomic E-state index is -0.684. The number of aryl methyl sites for hydroxylation is 1. The lowest BCUT2D eigenvalue weighted by atomic mass is 10.2. The van der Waals surface area contributed by atoms with Gasteiger partial charge in [-0.05, 0) is 51.0 Å². The first-order chi connectivity index (χ1) is 15.0. The number of H-pyrrole nitrogens is 1. The molecule has 1 amide bonds. The second-order valence-electron chi connectivity index (χ2n) is 7.96. The summed E-state index contributed by atoms with van der Waals surface area (Å²) in [7, 11) is 0. The summed E-state index contributed by atoms with van der Waals surface area (Å²) in [6.45, 7) is 5.05. The van der Waals surface area contributed by atoms with E-state index in [-0.39, 0.29) is 24.1 Å². The molecule has 1 N–H and O–H groups in total. The predicted molar refractivity (Wildman–Crippen MR) is 118 cm³/mol. The van der Waals surface area contributed by atoms with Gasteiger partial charge in [-0.3, -0.25) is 9.59 Å². The Bertz CT molecular complexity index is 1100. The number of rotatable bonds is 7. The first-order valence-electron chi connectivity index (χ1n) is 10.6. The normalized spacial score (nSPS) is 16.9. The van der Waals surface area contributed by atoms with Crippen LogP contribution in [-0.4, -0.2) is 46.1 Å². The Labute approximate surface area is 181 Å². The van der Waals surface area contributed by atoms with E-state index in [1.165, 1.54) is 0 Å². The lowest BCUT2D eigenvalue weighted by molar-refractivity contribution is -0.140. The Kier molecular flexibility index (Phi) is 6.32. The number of hydrogen-bond acceptors (Lipinski definition) is 5. The van der Waals surface area contributed by atoms with E-state index in [1.54, 1.807) is 30.0 Å². The van der Waals surface area contributed by atoms with Crippen molar-refractivity contribution in [3.63, 3.8) is 0 Å². The molecule has 1 fully saturated rings. The molecule has 4 rings (SSSR count). The van der Waals surface area contributed by atoms with Crippen LogP contribution in [0.3, 0.4) is 0 Å². The summed E-state index contributed by atoms with van der Waals surface area (Å²) in [6.07, 6.45) is 1.17. The topological polar surface area (TPSA) is 84.5 Å². The maximum absolute atomic E-state index is 13.3. The summed E-state index contributed by atoms with van der Waals surface area (Å²) in [4.78, 5) is 34.8. The third-order valence-corrected chi connectivity index (χ3v) is 5.44. The van der Waals surface area contributed by atoms with Gasteiger partial charge < -0.3 is 19.4 Å². The molecule has 1 aliphatic rings. The first-order valence-corrected chi connectivity index (χ1v) is 10.6. The maximum Gasteiger partial charge on any atom is 0.263 e. The zero-order valence-electron chi connectivity index (χ0n) is 17.8. The number of aromatic amines is 1. The van der Waals surface area contributed by atoms with Gasteiger partial charge in [0.2, 0.25) is 0 Å². The highest BCUT2D eigenvalue weighted by molar-refractivity contribution is 5.81. The van der Waals surface area contributed by atoms with Crippen LogP contribution in [0.25, 0.3) is 10.9 Å². The van der Waals surface area contributed by atoms with Crippen LogP contribution in [0.1, 0.15) is 31.2 Å². The van der Waals surface area contributed by atoms with Crippen molar-refractivity contribution >= 4 is 16.8 Å². The molecule has 0 radical (unpaired) electrons. The number of hydrogen-bond donors (Lipinski definition) is 1. The molecular formula is C24H27N3O4. The average molecular weight is 421 g/mol. The van der Waals surface area contributed by atoms with Crippen LogP contribution in [0.2, 0.25) is 0 Å². The Morgan fingerprint density at radius 3 is 2.77 bits per heavy atom. The van der Waals surface area contributed by atoms with E-state index >= 15 is 0 Å². The molecule has 3 aromatic rings. The molecule has 2 atom stereocenters. The van der Waals surface area contributed by atoms with Crippen LogP contribution in [0, 0.1) is 6.92 Å². The minimum absolute atomic E-state index is 0.0253. The molecule has 1 aliphatic heterocycles. The quantitative estimate of drug-likeness (QED) is 0.633. The predicted octanol–water partition coefficient (Wildman–Crippen LogP) is 3.21. The summed E-state index contributed by atoms with van der Waals surface area (Å²) < 4.78 is 11.6. The molecule has 0 saturated carbocycles. The molecule has 7 nitrogen and oxygen atoms in total. The lowest BCUT2D eigenvalue weighted by Crippen LogP contribution is -2.44. The van der Waals surface area contributed by atoms with Gasteiger partial charge in [0.1, 0.15) is 11.6 Å². The number of carbonyl (C=O) groups is 1. The molecule has 0 unspecified atom stereocenters. The molecule has 7 heteroatoms. The number of benzene rings is 2. The number of amides is 1. The van der Waals surface area contributed by atoms with Crippen LogP contribution in [-0.2, 0) is 16.1 Å². The fourth-order valence-corrected chi connectivity index (χ4v) is 3.79. The van der Waals surface area contributed by atoms with E-state index in [0.717, 1.165) is 18.4 Å². The number of nitrogens with one attached hydrogen (secondary N) is 1. The van der Waals surface area contributed by atoms with Gasteiger partial charge in [0.15, 0.2) is 6.10 Å². The van der Waals surface area contributed by atoms with Crippen molar-refractivity contribution < 1.29 is 14.3 Å². The number of nitrogens with zero attached hydrogens (tertiary/aromatic N) is 2. The van der Waals surface area contributed by atoms with E-state index in [1.807, 2.05) is 37.3 Å². The highest BCUT2D eigenvalue weighted by Crippen LogP contribution is 2.18. The maximum atomic E-state index is 13.3. The van der Waals surface area contributed by atoms with Crippen LogP contribution < -0.4 is 10.3 Å². The SMILES string of the molecule is Cc1ccc(O[C@@H](C)C(=O)N(Cc2nc3ccccc3c(=O)[nH]2)C[C@H]2CCCO2)cc1. The van der Waals surface area contributed by atoms with E-state index in [2.05, 4.69) is 9.97 Å². The number of aromatic nitrogens is 2. The molecule has 31 heavy (non-hydrogen) atoms. The molecule has 2 heterocycles. The summed E-state index contributed by atoms with van der Waals surface area (Å²) in [5, 5.41) is 0.527. The van der Waals surface area contributed by atoms with Crippen molar-refractivity contribution in [2.75, 3.05) is 13.2 Å². The molecule has 0 spiro atoms. The van der Waals surface area contributed by atoms with Crippen molar-refractivity contribution in [3.8, 4) is 5.75 Å². The smallest absolute Gasteiger partial charge is 0.263 e. The molecule has 1 aromatic heterocycles. The monoisotopic (exact) mass is 421 g/mol. The highest BCUT2D eigenvalue weighted by atomic mass is 16.5. The van der Waals surface area contributed by atoms with Crippen LogP contribution >= 0.6 is 0 Å². The Hall–Kier alpha value is -3.19. The van der Waals surface area contributed by atoms with E-state index < -0.39 is 6.10 Å². The zero-order chi connectivity index (χ0) is 21.8. The van der Waals surface area contributed by atoms with Crippen molar-refractivity contribution in [1.82, 2.24) is 14.9 Å². The minimum Gasteiger partial charge on any atom is -0.481 e. The number of fused-ring (bicyclic) bond motifs is 1. The number of para-hydroxylation sites is 1. The van der Waals surface area contributed by atoms with Gasteiger partial charge in [-0.25, -0.2) is 4.98 Å². The van der Waals surface area contributed by atoms with Gasteiger partial charge in [0.05, 0.1) is 23.6 Å². The third kappa shape index (κ3) is 5.11. The summed E-state index contributed by atoms with van der Waals surface area (Å²) >= 11 is 0. The summed E-state index contributed by atoms with van der Waals surface area (Å²) in [5.41, 5.74) is 1.52. The van der Waals surface area contributed by atoms with Crippen molar-refractivity contribution in [1.29, 1.82) is 0 Å². The van der Waals surface area contributed by atoms with Crippen molar-refractivity contribution in [2.45, 2.75) is 45.4 Å². The highest BCUT2D eigenvalue weighted by Gasteiger charge is 2.27. The van der Waals surface area contributed by atoms with Gasteiger partial charge in [0, 0.05) is 13.2 Å². The van der Waals surface area contributed by atoms with Crippen molar-refractivity contribution in [3.05, 3.63) is 70.3 Å². The number of ether oxygens (including phenoxy) is 2. The molecular weight excluding hydrogens is 394 g/mol. The Balaban J connectivity index is 1.55. The summed E-state index contributed by atoms with van der Waals surface area (Å²) in [6, 6.07) is 14.8. The van der Waals surface area contributed by atoms with Crippen LogP contribution in [0.4, 0.5) is 0 Å². The molecule has 2 aromatic carbocycles. The largest absolute Gasteiger partial charge is 0.481 e. The van der Waals surface area contributed by atoms with E-state index in [0.29, 0.717) is 35.6 Å². The van der Waals surface area contributed by atoms with Gasteiger partial charge in [-0.15, -0.1) is 0 Å². The van der Waals surface area contributed by atoms with Gasteiger partial charge in [-0.1, -0.05) is 29.8 Å². The Morgan fingerprint density at radius 1 is 1.26 bits per heavy atom. The van der Waals surface area contributed by atoms with Gasteiger partial charge >= 0.3 is 0 Å². The third-order valence-electron chi connectivity index (χ3n) is 5.44. The summed E-state index contributed by atoms with van der Waals surface area (Å²) in [5.74, 6) is 0.908. The number of carbonyl (C=O) groups excluding carboxylic acids is 1. The molecule has 0 aliphatic carbocycles. The van der Waals surface area contributed by atoms with Gasteiger partial charge in [-0.2, -0.15) is 0 Å². The molecule has 0 bridgehead atoms. The zero-order valence-corrected chi connectivity index (χ0v) is 17.8. The average Bonchev–Trinajstić information content (AvgIpc) is 3.27. The van der Waals surface area contributed by atoms with E-state index in [4.69, 9.17) is 9.47 Å². The second-order valence-corrected chi connectivity index (χ2v) is 7.96.